The molecule has 1 atom stereocenters. The van der Waals surface area contributed by atoms with Gasteiger partial charge in [-0.1, -0.05) is 24.3 Å². The number of nitrogens with zero attached hydrogens (tertiary/aromatic N) is 3. The molecule has 1 aromatic carbocycles. The summed E-state index contributed by atoms with van der Waals surface area (Å²) in [6, 6.07) is 16.9. The summed E-state index contributed by atoms with van der Waals surface area (Å²) in [6.45, 7) is 6.69. The van der Waals surface area contributed by atoms with Gasteiger partial charge < -0.3 is 5.32 Å². The van der Waals surface area contributed by atoms with Crippen LogP contribution in [0.5, 0.6) is 0 Å². The Balaban J connectivity index is 1.55. The van der Waals surface area contributed by atoms with E-state index in [1.54, 1.807) is 0 Å². The van der Waals surface area contributed by atoms with Gasteiger partial charge in [0.2, 0.25) is 5.91 Å². The molecule has 1 amide bonds. The van der Waals surface area contributed by atoms with Crippen molar-refractivity contribution in [3.8, 4) is 11.1 Å². The number of carbonyl (C=O) groups is 1. The van der Waals surface area contributed by atoms with Crippen LogP contribution in [0.15, 0.2) is 73.3 Å². The molecule has 3 heterocycles. The molecule has 1 aliphatic rings. The smallest absolute Gasteiger partial charge is 0.228 e. The van der Waals surface area contributed by atoms with Crippen molar-refractivity contribution in [2.24, 2.45) is 5.41 Å². The highest BCUT2D eigenvalue weighted by atomic mass is 16.2. The van der Waals surface area contributed by atoms with Crippen LogP contribution in [-0.2, 0) is 17.8 Å². The number of rotatable bonds is 7. The second-order valence-corrected chi connectivity index (χ2v) is 9.19. The molecule has 32 heavy (non-hydrogen) atoms. The van der Waals surface area contributed by atoms with E-state index < -0.39 is 5.41 Å². The predicted octanol–water partition coefficient (Wildman–Crippen LogP) is 4.49. The lowest BCUT2D eigenvalue weighted by molar-refractivity contribution is -0.135. The highest BCUT2D eigenvalue weighted by molar-refractivity contribution is 5.83. The lowest BCUT2D eigenvalue weighted by atomic mass is 9.74. The van der Waals surface area contributed by atoms with E-state index in [1.807, 2.05) is 50.8 Å². The minimum Gasteiger partial charge on any atom is -0.353 e. The number of piperidine rings is 1. The minimum atomic E-state index is -0.423. The van der Waals surface area contributed by atoms with Gasteiger partial charge in [-0.05, 0) is 86.2 Å². The van der Waals surface area contributed by atoms with Gasteiger partial charge in [-0.25, -0.2) is 0 Å². The molecule has 0 unspecified atom stereocenters. The maximum atomic E-state index is 13.5. The van der Waals surface area contributed by atoms with Crippen molar-refractivity contribution in [3.05, 3.63) is 84.4 Å². The molecule has 0 bridgehead atoms. The second kappa shape index (κ2) is 10.0. The molecule has 1 N–H and O–H groups in total. The van der Waals surface area contributed by atoms with E-state index >= 15 is 0 Å². The molecule has 1 fully saturated rings. The van der Waals surface area contributed by atoms with Gasteiger partial charge in [-0.3, -0.25) is 19.7 Å². The molecule has 5 nitrogen and oxygen atoms in total. The van der Waals surface area contributed by atoms with Crippen molar-refractivity contribution in [1.82, 2.24) is 20.2 Å². The first-order valence-corrected chi connectivity index (χ1v) is 11.5. The molecule has 0 aliphatic carbocycles. The van der Waals surface area contributed by atoms with Crippen molar-refractivity contribution in [3.63, 3.8) is 0 Å². The van der Waals surface area contributed by atoms with Gasteiger partial charge >= 0.3 is 0 Å². The highest BCUT2D eigenvalue weighted by Crippen LogP contribution is 2.35. The molecule has 2 aromatic heterocycles. The molecule has 1 aliphatic heterocycles. The number of hydrogen-bond donors (Lipinski definition) is 1. The summed E-state index contributed by atoms with van der Waals surface area (Å²) >= 11 is 0. The molecule has 0 radical (unpaired) electrons. The van der Waals surface area contributed by atoms with Crippen LogP contribution in [0.2, 0.25) is 0 Å². The monoisotopic (exact) mass is 428 g/mol. The van der Waals surface area contributed by atoms with E-state index in [0.717, 1.165) is 44.5 Å². The Morgan fingerprint density at radius 1 is 0.938 bits per heavy atom. The summed E-state index contributed by atoms with van der Waals surface area (Å²) < 4.78 is 0. The summed E-state index contributed by atoms with van der Waals surface area (Å²) in [7, 11) is 0. The number of carbonyl (C=O) groups excluding carboxylic acids is 1. The number of benzene rings is 1. The number of nitrogens with one attached hydrogen (secondary N) is 1. The average molecular weight is 429 g/mol. The average Bonchev–Trinajstić information content (AvgIpc) is 2.81. The number of hydrogen-bond acceptors (Lipinski definition) is 4. The molecule has 166 valence electrons. The number of aromatic nitrogens is 2. The van der Waals surface area contributed by atoms with Crippen LogP contribution < -0.4 is 5.32 Å². The maximum Gasteiger partial charge on any atom is 0.228 e. The first-order valence-electron chi connectivity index (χ1n) is 11.5. The molecule has 0 saturated carbocycles. The fraction of sp³-hybridized carbons (Fsp3) is 0.370. The van der Waals surface area contributed by atoms with Crippen LogP contribution in [0, 0.1) is 5.41 Å². The van der Waals surface area contributed by atoms with Gasteiger partial charge in [0, 0.05) is 43.9 Å². The summed E-state index contributed by atoms with van der Waals surface area (Å²) in [4.78, 5) is 24.1. The fourth-order valence-electron chi connectivity index (χ4n) is 4.68. The van der Waals surface area contributed by atoms with Crippen LogP contribution >= 0.6 is 0 Å². The van der Waals surface area contributed by atoms with Crippen molar-refractivity contribution in [2.75, 3.05) is 13.1 Å². The summed E-state index contributed by atoms with van der Waals surface area (Å²) in [5.41, 5.74) is 4.34. The SMILES string of the molecule is CC(C)NC(=O)[C@]1(Cc2ccc(-c3ccncc3)cc2)CCCN(Cc2ccncc2)C1. The number of pyridine rings is 2. The van der Waals surface area contributed by atoms with Crippen LogP contribution in [0.3, 0.4) is 0 Å². The molecular weight excluding hydrogens is 396 g/mol. The van der Waals surface area contributed by atoms with Crippen molar-refractivity contribution in [2.45, 2.75) is 45.7 Å². The van der Waals surface area contributed by atoms with Crippen LogP contribution in [0.25, 0.3) is 11.1 Å². The van der Waals surface area contributed by atoms with E-state index in [-0.39, 0.29) is 11.9 Å². The molecule has 4 rings (SSSR count). The molecule has 5 heteroatoms. The predicted molar refractivity (Wildman–Crippen MR) is 128 cm³/mol. The third kappa shape index (κ3) is 5.40. The molecule has 3 aromatic rings. The topological polar surface area (TPSA) is 58.1 Å². The van der Waals surface area contributed by atoms with Gasteiger partial charge in [-0.2, -0.15) is 0 Å². The van der Waals surface area contributed by atoms with Gasteiger partial charge in [-0.15, -0.1) is 0 Å². The van der Waals surface area contributed by atoms with Gasteiger partial charge in [0.15, 0.2) is 0 Å². The van der Waals surface area contributed by atoms with Crippen molar-refractivity contribution in [1.29, 1.82) is 0 Å². The zero-order valence-electron chi connectivity index (χ0n) is 19.0. The standard InChI is InChI=1S/C27H32N4O/c1-21(2)30-26(32)27(12-3-17-31(20-27)19-23-8-13-28-14-9-23)18-22-4-6-24(7-5-22)25-10-15-29-16-11-25/h4-11,13-16,21H,3,12,17-20H2,1-2H3,(H,30,32)/t27-/m0/s1. The lowest BCUT2D eigenvalue weighted by Crippen LogP contribution is -2.54. The fourth-order valence-corrected chi connectivity index (χ4v) is 4.68. The normalized spacial score (nSPS) is 19.1. The van der Waals surface area contributed by atoms with E-state index in [9.17, 15) is 4.79 Å². The van der Waals surface area contributed by atoms with E-state index in [4.69, 9.17) is 0 Å². The largest absolute Gasteiger partial charge is 0.353 e. The summed E-state index contributed by atoms with van der Waals surface area (Å²) in [6.07, 6.45) is 9.97. The third-order valence-electron chi connectivity index (χ3n) is 6.22. The Labute approximate surface area is 190 Å². The molecule has 0 spiro atoms. The molecule has 1 saturated heterocycles. The zero-order valence-corrected chi connectivity index (χ0v) is 19.0. The maximum absolute atomic E-state index is 13.5. The Hall–Kier alpha value is -3.05. The van der Waals surface area contributed by atoms with Crippen molar-refractivity contribution >= 4 is 5.91 Å². The van der Waals surface area contributed by atoms with Crippen LogP contribution in [0.4, 0.5) is 0 Å². The Morgan fingerprint density at radius 2 is 1.56 bits per heavy atom. The van der Waals surface area contributed by atoms with E-state index in [1.165, 1.54) is 16.7 Å². The van der Waals surface area contributed by atoms with Crippen LogP contribution in [0.1, 0.15) is 37.8 Å². The number of amides is 1. The Bertz CT molecular complexity index is 1000. The van der Waals surface area contributed by atoms with Gasteiger partial charge in [0.05, 0.1) is 5.41 Å². The summed E-state index contributed by atoms with van der Waals surface area (Å²) in [5.74, 6) is 0.171. The van der Waals surface area contributed by atoms with Crippen molar-refractivity contribution < 1.29 is 4.79 Å². The van der Waals surface area contributed by atoms with E-state index in [0.29, 0.717) is 0 Å². The van der Waals surface area contributed by atoms with Gasteiger partial charge in [0.25, 0.3) is 0 Å². The lowest BCUT2D eigenvalue weighted by Gasteiger charge is -2.42. The van der Waals surface area contributed by atoms with E-state index in [2.05, 4.69) is 56.6 Å². The minimum absolute atomic E-state index is 0.129. The number of likely N-dealkylation sites (tertiary alicyclic amines) is 1. The Morgan fingerprint density at radius 3 is 2.22 bits per heavy atom. The van der Waals surface area contributed by atoms with Crippen LogP contribution in [-0.4, -0.2) is 39.9 Å². The highest BCUT2D eigenvalue weighted by Gasteiger charge is 2.42. The first kappa shape index (κ1) is 22.2. The second-order valence-electron chi connectivity index (χ2n) is 9.19. The molecular formula is C27H32N4O. The van der Waals surface area contributed by atoms with Gasteiger partial charge in [0.1, 0.15) is 0 Å². The Kier molecular flexibility index (Phi) is 6.96. The quantitative estimate of drug-likeness (QED) is 0.602. The third-order valence-corrected chi connectivity index (χ3v) is 6.22. The first-order chi connectivity index (χ1) is 15.5. The zero-order chi connectivity index (χ0) is 22.4. The summed E-state index contributed by atoms with van der Waals surface area (Å²) in [5, 5.41) is 3.21.